The average molecular weight is 264 g/mol. The zero-order valence-corrected chi connectivity index (χ0v) is 12.2. The van der Waals surface area contributed by atoms with Gasteiger partial charge in [-0.15, -0.1) is 0 Å². The van der Waals surface area contributed by atoms with Gasteiger partial charge in [-0.25, -0.2) is 9.97 Å². The Morgan fingerprint density at radius 3 is 2.79 bits per heavy atom. The van der Waals surface area contributed by atoms with Crippen molar-refractivity contribution in [2.45, 2.75) is 39.2 Å². The van der Waals surface area contributed by atoms with Crippen LogP contribution in [0.5, 0.6) is 0 Å². The number of aliphatic hydroxyl groups is 1. The molecule has 1 fully saturated rings. The lowest BCUT2D eigenvalue weighted by atomic mass is 10.0. The Bertz CT molecular complexity index is 435. The molecule has 0 aromatic carbocycles. The number of nitrogens with zero attached hydrogens (tertiary/aromatic N) is 3. The molecule has 2 atom stereocenters. The molecule has 5 heteroatoms. The Kier molecular flexibility index (Phi) is 4.24. The van der Waals surface area contributed by atoms with Gasteiger partial charge in [0.05, 0.1) is 12.6 Å². The van der Waals surface area contributed by atoms with E-state index in [-0.39, 0.29) is 12.6 Å². The molecule has 2 unspecified atom stereocenters. The first kappa shape index (κ1) is 14.1. The molecule has 5 nitrogen and oxygen atoms in total. The minimum Gasteiger partial charge on any atom is -0.394 e. The molecular weight excluding hydrogens is 240 g/mol. The molecule has 2 N–H and O–H groups in total. The number of aromatic nitrogens is 2. The fourth-order valence-electron chi connectivity index (χ4n) is 2.56. The van der Waals surface area contributed by atoms with Crippen molar-refractivity contribution in [3.05, 3.63) is 11.9 Å². The third-order valence-electron chi connectivity index (χ3n) is 3.87. The minimum atomic E-state index is 0.166. The molecule has 0 spiro atoms. The van der Waals surface area contributed by atoms with Crippen molar-refractivity contribution in [1.29, 1.82) is 0 Å². The Labute approximate surface area is 115 Å². The second-order valence-electron chi connectivity index (χ2n) is 5.58. The van der Waals surface area contributed by atoms with Crippen LogP contribution in [0.15, 0.2) is 6.07 Å². The molecule has 1 aromatic rings. The van der Waals surface area contributed by atoms with E-state index < -0.39 is 0 Å². The molecule has 1 saturated heterocycles. The molecule has 0 saturated carbocycles. The van der Waals surface area contributed by atoms with Crippen LogP contribution in [-0.2, 0) is 0 Å². The molecular formula is C14H24N4O. The summed E-state index contributed by atoms with van der Waals surface area (Å²) < 4.78 is 0. The molecule has 0 bridgehead atoms. The smallest absolute Gasteiger partial charge is 0.135 e. The lowest BCUT2D eigenvalue weighted by Crippen LogP contribution is -2.36. The van der Waals surface area contributed by atoms with Crippen LogP contribution in [0.1, 0.15) is 38.9 Å². The first-order chi connectivity index (χ1) is 9.06. The Morgan fingerprint density at radius 2 is 2.21 bits per heavy atom. The summed E-state index contributed by atoms with van der Waals surface area (Å²) in [7, 11) is 1.87. The lowest BCUT2D eigenvalue weighted by molar-refractivity contribution is 0.244. The molecule has 106 valence electrons. The summed E-state index contributed by atoms with van der Waals surface area (Å²) in [4.78, 5) is 11.3. The van der Waals surface area contributed by atoms with Crippen molar-refractivity contribution < 1.29 is 5.11 Å². The summed E-state index contributed by atoms with van der Waals surface area (Å²) in [5.74, 6) is 3.40. The van der Waals surface area contributed by atoms with Gasteiger partial charge in [0.1, 0.15) is 17.5 Å². The Morgan fingerprint density at radius 1 is 1.47 bits per heavy atom. The number of nitrogens with one attached hydrogen (secondary N) is 1. The van der Waals surface area contributed by atoms with Gasteiger partial charge in [0, 0.05) is 25.6 Å². The van der Waals surface area contributed by atoms with Crippen LogP contribution < -0.4 is 10.2 Å². The summed E-state index contributed by atoms with van der Waals surface area (Å²) in [5.41, 5.74) is 0. The van der Waals surface area contributed by atoms with E-state index in [2.05, 4.69) is 41.0 Å². The van der Waals surface area contributed by atoms with Gasteiger partial charge < -0.3 is 15.3 Å². The summed E-state index contributed by atoms with van der Waals surface area (Å²) in [5, 5.41) is 12.7. The van der Waals surface area contributed by atoms with Crippen molar-refractivity contribution in [2.75, 3.05) is 30.4 Å². The molecule has 1 aromatic heterocycles. The summed E-state index contributed by atoms with van der Waals surface area (Å²) >= 11 is 0. The van der Waals surface area contributed by atoms with Gasteiger partial charge >= 0.3 is 0 Å². The lowest BCUT2D eigenvalue weighted by Gasteiger charge is -2.27. The second-order valence-corrected chi connectivity index (χ2v) is 5.58. The Hall–Kier alpha value is -1.36. The normalized spacial score (nSPS) is 23.2. The summed E-state index contributed by atoms with van der Waals surface area (Å²) in [6.45, 7) is 7.49. The van der Waals surface area contributed by atoms with Crippen LogP contribution in [-0.4, -0.2) is 41.3 Å². The molecule has 1 aliphatic rings. The quantitative estimate of drug-likeness (QED) is 0.869. The predicted octanol–water partition coefficient (Wildman–Crippen LogP) is 1.85. The average Bonchev–Trinajstić information content (AvgIpc) is 2.79. The molecule has 19 heavy (non-hydrogen) atoms. The number of hydrogen-bond acceptors (Lipinski definition) is 5. The van der Waals surface area contributed by atoms with E-state index >= 15 is 0 Å². The van der Waals surface area contributed by atoms with Crippen LogP contribution in [0.25, 0.3) is 0 Å². The van der Waals surface area contributed by atoms with Crippen molar-refractivity contribution in [3.63, 3.8) is 0 Å². The molecule has 2 heterocycles. The molecule has 2 rings (SSSR count). The third-order valence-corrected chi connectivity index (χ3v) is 3.87. The van der Waals surface area contributed by atoms with Crippen molar-refractivity contribution >= 4 is 11.6 Å². The summed E-state index contributed by atoms with van der Waals surface area (Å²) in [6, 6.07) is 2.13. The predicted molar refractivity (Wildman–Crippen MR) is 77.7 cm³/mol. The van der Waals surface area contributed by atoms with Crippen LogP contribution in [0.3, 0.4) is 0 Å². The maximum absolute atomic E-state index is 9.57. The van der Waals surface area contributed by atoms with Gasteiger partial charge in [-0.05, 0) is 12.3 Å². The fraction of sp³-hybridized carbons (Fsp3) is 0.714. The number of rotatable bonds is 4. The van der Waals surface area contributed by atoms with Crippen LogP contribution in [0.4, 0.5) is 11.6 Å². The first-order valence-corrected chi connectivity index (χ1v) is 7.01. The zero-order chi connectivity index (χ0) is 14.0. The summed E-state index contributed by atoms with van der Waals surface area (Å²) in [6.07, 6.45) is 1.10. The molecule has 1 aliphatic heterocycles. The number of hydrogen-bond donors (Lipinski definition) is 2. The highest BCUT2D eigenvalue weighted by Crippen LogP contribution is 2.30. The molecule has 0 radical (unpaired) electrons. The fourth-order valence-corrected chi connectivity index (χ4v) is 2.56. The van der Waals surface area contributed by atoms with Crippen molar-refractivity contribution in [1.82, 2.24) is 9.97 Å². The van der Waals surface area contributed by atoms with Crippen LogP contribution >= 0.6 is 0 Å². The SMILES string of the molecule is CNc1cc(N2CCC(C)C2CO)nc(C(C)C)n1. The van der Waals surface area contributed by atoms with Gasteiger partial charge in [0.25, 0.3) is 0 Å². The van der Waals surface area contributed by atoms with E-state index in [1.807, 2.05) is 13.1 Å². The van der Waals surface area contributed by atoms with Gasteiger partial charge in [-0.2, -0.15) is 0 Å². The number of anilines is 2. The highest BCUT2D eigenvalue weighted by molar-refractivity contribution is 5.51. The van der Waals surface area contributed by atoms with Crippen molar-refractivity contribution in [2.24, 2.45) is 5.92 Å². The van der Waals surface area contributed by atoms with Gasteiger partial charge in [0.2, 0.25) is 0 Å². The number of aliphatic hydroxyl groups excluding tert-OH is 1. The molecule has 0 amide bonds. The van der Waals surface area contributed by atoms with Gasteiger partial charge in [-0.1, -0.05) is 20.8 Å². The zero-order valence-electron chi connectivity index (χ0n) is 12.2. The molecule has 0 aliphatic carbocycles. The van der Waals surface area contributed by atoms with Gasteiger partial charge in [-0.3, -0.25) is 0 Å². The van der Waals surface area contributed by atoms with E-state index in [9.17, 15) is 5.11 Å². The minimum absolute atomic E-state index is 0.166. The third kappa shape index (κ3) is 2.81. The van der Waals surface area contributed by atoms with E-state index in [0.717, 1.165) is 30.4 Å². The standard InChI is InChI=1S/C14H24N4O/c1-9(2)14-16-12(15-4)7-13(17-14)18-6-5-10(3)11(18)8-19/h7,9-11,19H,5-6,8H2,1-4H3,(H,15,16,17). The first-order valence-electron chi connectivity index (χ1n) is 7.01. The van der Waals surface area contributed by atoms with E-state index in [1.165, 1.54) is 0 Å². The van der Waals surface area contributed by atoms with Crippen LogP contribution in [0, 0.1) is 5.92 Å². The van der Waals surface area contributed by atoms with Crippen molar-refractivity contribution in [3.8, 4) is 0 Å². The topological polar surface area (TPSA) is 61.3 Å². The maximum Gasteiger partial charge on any atom is 0.135 e. The van der Waals surface area contributed by atoms with E-state index in [4.69, 9.17) is 0 Å². The highest BCUT2D eigenvalue weighted by atomic mass is 16.3. The van der Waals surface area contributed by atoms with Gasteiger partial charge in [0.15, 0.2) is 0 Å². The second kappa shape index (κ2) is 5.74. The van der Waals surface area contributed by atoms with Crippen LogP contribution in [0.2, 0.25) is 0 Å². The maximum atomic E-state index is 9.57. The van der Waals surface area contributed by atoms with E-state index in [0.29, 0.717) is 11.8 Å². The largest absolute Gasteiger partial charge is 0.394 e. The Balaban J connectivity index is 2.35. The highest BCUT2D eigenvalue weighted by Gasteiger charge is 2.31. The monoisotopic (exact) mass is 264 g/mol. The van der Waals surface area contributed by atoms with E-state index in [1.54, 1.807) is 0 Å².